The lowest BCUT2D eigenvalue weighted by molar-refractivity contribution is -0.131. The van der Waals surface area contributed by atoms with Gasteiger partial charge in [0.1, 0.15) is 0 Å². The fourth-order valence-corrected chi connectivity index (χ4v) is 4.80. The highest BCUT2D eigenvalue weighted by Crippen LogP contribution is 2.22. The van der Waals surface area contributed by atoms with E-state index in [9.17, 15) is 18.0 Å². The highest BCUT2D eigenvalue weighted by molar-refractivity contribution is 7.89. The third kappa shape index (κ3) is 4.26. The zero-order valence-corrected chi connectivity index (χ0v) is 16.7. The topological polar surface area (TPSA) is 99.9 Å². The van der Waals surface area contributed by atoms with Crippen LogP contribution in [0.4, 0.5) is 0 Å². The van der Waals surface area contributed by atoms with Crippen molar-refractivity contribution in [2.75, 3.05) is 32.7 Å². The summed E-state index contributed by atoms with van der Waals surface area (Å²) < 4.78 is 32.2. The summed E-state index contributed by atoms with van der Waals surface area (Å²) in [7, 11) is -3.60. The lowest BCUT2D eigenvalue weighted by atomic mass is 10.2. The van der Waals surface area contributed by atoms with E-state index in [1.165, 1.54) is 16.6 Å². The first kappa shape index (κ1) is 20.1. The van der Waals surface area contributed by atoms with Gasteiger partial charge in [-0.3, -0.25) is 9.59 Å². The molecule has 8 nitrogen and oxygen atoms in total. The van der Waals surface area contributed by atoms with E-state index in [2.05, 4.69) is 5.32 Å². The average Bonchev–Trinajstić information content (AvgIpc) is 3.20. The molecule has 1 fully saturated rings. The molecule has 2 amide bonds. The van der Waals surface area contributed by atoms with E-state index in [0.717, 1.165) is 5.56 Å². The van der Waals surface area contributed by atoms with E-state index in [4.69, 9.17) is 4.42 Å². The number of nitrogens with one attached hydrogen (secondary N) is 1. The number of rotatable bonds is 5. The van der Waals surface area contributed by atoms with Crippen LogP contribution in [0.2, 0.25) is 0 Å². The molecule has 9 heteroatoms. The molecule has 3 rings (SSSR count). The van der Waals surface area contributed by atoms with E-state index in [-0.39, 0.29) is 44.4 Å². The molecule has 0 unspecified atom stereocenters. The van der Waals surface area contributed by atoms with Gasteiger partial charge in [0.25, 0.3) is 5.91 Å². The summed E-state index contributed by atoms with van der Waals surface area (Å²) in [6.45, 7) is 4.52. The zero-order valence-electron chi connectivity index (χ0n) is 15.8. The van der Waals surface area contributed by atoms with E-state index in [1.54, 1.807) is 30.0 Å². The summed E-state index contributed by atoms with van der Waals surface area (Å²) in [6.07, 6.45) is 1.38. The molecule has 0 saturated carbocycles. The predicted octanol–water partition coefficient (Wildman–Crippen LogP) is 1.16. The number of piperazine rings is 1. The second-order valence-electron chi connectivity index (χ2n) is 6.71. The van der Waals surface area contributed by atoms with Crippen molar-refractivity contribution in [1.82, 2.24) is 14.5 Å². The Hall–Kier alpha value is -2.65. The molecule has 1 saturated heterocycles. The van der Waals surface area contributed by atoms with Gasteiger partial charge in [0.15, 0.2) is 5.76 Å². The first-order valence-electron chi connectivity index (χ1n) is 8.96. The van der Waals surface area contributed by atoms with Crippen LogP contribution >= 0.6 is 0 Å². The van der Waals surface area contributed by atoms with Gasteiger partial charge in [-0.05, 0) is 37.6 Å². The summed E-state index contributed by atoms with van der Waals surface area (Å²) in [5, 5.41) is 2.51. The van der Waals surface area contributed by atoms with Gasteiger partial charge in [-0.2, -0.15) is 4.31 Å². The number of hydrogen-bond donors (Lipinski definition) is 1. The third-order valence-electron chi connectivity index (χ3n) is 4.68. The molecule has 1 aliphatic heterocycles. The Morgan fingerprint density at radius 2 is 1.82 bits per heavy atom. The van der Waals surface area contributed by atoms with Crippen LogP contribution in [0.1, 0.15) is 21.7 Å². The van der Waals surface area contributed by atoms with Gasteiger partial charge in [-0.25, -0.2) is 8.42 Å². The van der Waals surface area contributed by atoms with Crippen molar-refractivity contribution in [2.45, 2.75) is 18.7 Å². The quantitative estimate of drug-likeness (QED) is 0.805. The maximum Gasteiger partial charge on any atom is 0.287 e. The van der Waals surface area contributed by atoms with E-state index < -0.39 is 15.9 Å². The number of carbonyl (C=O) groups is 2. The number of furan rings is 1. The van der Waals surface area contributed by atoms with Gasteiger partial charge in [0.2, 0.25) is 15.9 Å². The average molecular weight is 405 g/mol. The number of aryl methyl sites for hydroxylation is 2. The Labute approximate surface area is 164 Å². The van der Waals surface area contributed by atoms with Crippen LogP contribution in [-0.4, -0.2) is 62.2 Å². The predicted molar refractivity (Wildman–Crippen MR) is 102 cm³/mol. The van der Waals surface area contributed by atoms with Gasteiger partial charge in [-0.15, -0.1) is 0 Å². The van der Waals surface area contributed by atoms with Gasteiger partial charge in [-0.1, -0.05) is 17.7 Å². The van der Waals surface area contributed by atoms with Crippen LogP contribution in [0.25, 0.3) is 0 Å². The molecule has 28 heavy (non-hydrogen) atoms. The molecule has 1 aliphatic rings. The van der Waals surface area contributed by atoms with Crippen molar-refractivity contribution in [1.29, 1.82) is 0 Å². The van der Waals surface area contributed by atoms with E-state index in [0.29, 0.717) is 10.5 Å². The normalized spacial score (nSPS) is 15.4. The van der Waals surface area contributed by atoms with Gasteiger partial charge in [0, 0.05) is 26.2 Å². The second kappa shape index (κ2) is 8.15. The number of sulfonamides is 1. The van der Waals surface area contributed by atoms with Crippen LogP contribution in [0.5, 0.6) is 0 Å². The molecule has 1 aromatic heterocycles. The Morgan fingerprint density at radius 3 is 2.43 bits per heavy atom. The fourth-order valence-electron chi connectivity index (χ4n) is 3.17. The van der Waals surface area contributed by atoms with Crippen LogP contribution in [0.3, 0.4) is 0 Å². The number of carbonyl (C=O) groups excluding carboxylic acids is 2. The Bertz CT molecular complexity index is 961. The number of hydrogen-bond acceptors (Lipinski definition) is 5. The monoisotopic (exact) mass is 405 g/mol. The largest absolute Gasteiger partial charge is 0.459 e. The maximum absolute atomic E-state index is 12.9. The molecule has 1 aromatic carbocycles. The highest BCUT2D eigenvalue weighted by atomic mass is 32.2. The van der Waals surface area contributed by atoms with Gasteiger partial charge in [0.05, 0.1) is 17.7 Å². The smallest absolute Gasteiger partial charge is 0.287 e. The Morgan fingerprint density at radius 1 is 1.11 bits per heavy atom. The molecule has 0 spiro atoms. The zero-order chi connectivity index (χ0) is 20.3. The molecule has 0 aliphatic carbocycles. The molecule has 0 atom stereocenters. The van der Waals surface area contributed by atoms with Crippen LogP contribution in [-0.2, 0) is 14.8 Å². The van der Waals surface area contributed by atoms with Crippen molar-refractivity contribution < 1.29 is 22.4 Å². The maximum atomic E-state index is 12.9. The lowest BCUT2D eigenvalue weighted by Gasteiger charge is -2.34. The second-order valence-corrected chi connectivity index (χ2v) is 8.62. The molecular weight excluding hydrogens is 382 g/mol. The molecule has 150 valence electrons. The molecule has 2 heterocycles. The number of nitrogens with zero attached hydrogens (tertiary/aromatic N) is 2. The summed E-state index contributed by atoms with van der Waals surface area (Å²) >= 11 is 0. The minimum absolute atomic E-state index is 0.136. The van der Waals surface area contributed by atoms with Gasteiger partial charge < -0.3 is 14.6 Å². The van der Waals surface area contributed by atoms with Crippen LogP contribution in [0.15, 0.2) is 45.9 Å². The summed E-state index contributed by atoms with van der Waals surface area (Å²) in [4.78, 5) is 26.0. The van der Waals surface area contributed by atoms with E-state index >= 15 is 0 Å². The Balaban J connectivity index is 1.56. The molecule has 0 radical (unpaired) electrons. The van der Waals surface area contributed by atoms with Crippen molar-refractivity contribution in [2.24, 2.45) is 0 Å². The molecular formula is C19H23N3O5S. The first-order valence-corrected chi connectivity index (χ1v) is 10.4. The molecule has 0 bridgehead atoms. The highest BCUT2D eigenvalue weighted by Gasteiger charge is 2.31. The standard InChI is InChI=1S/C19H23N3O5S/c1-14-5-6-17(15(2)12-14)28(25,26)22-9-7-21(8-10-22)18(23)13-20-19(24)16-4-3-11-27-16/h3-6,11-12H,7-10,13H2,1-2H3,(H,20,24). The van der Waals surface area contributed by atoms with Crippen molar-refractivity contribution >= 4 is 21.8 Å². The summed E-state index contributed by atoms with van der Waals surface area (Å²) in [5.74, 6) is -0.588. The van der Waals surface area contributed by atoms with E-state index in [1.807, 2.05) is 13.0 Å². The third-order valence-corrected chi connectivity index (χ3v) is 6.74. The first-order chi connectivity index (χ1) is 13.3. The van der Waals surface area contributed by atoms with Crippen molar-refractivity contribution in [3.05, 3.63) is 53.5 Å². The number of amides is 2. The van der Waals surface area contributed by atoms with Crippen LogP contribution < -0.4 is 5.32 Å². The van der Waals surface area contributed by atoms with Crippen molar-refractivity contribution in [3.8, 4) is 0 Å². The van der Waals surface area contributed by atoms with Crippen LogP contribution in [0, 0.1) is 13.8 Å². The molecule has 2 aromatic rings. The number of benzene rings is 1. The fraction of sp³-hybridized carbons (Fsp3) is 0.368. The minimum Gasteiger partial charge on any atom is -0.459 e. The summed E-state index contributed by atoms with van der Waals surface area (Å²) in [6, 6.07) is 8.35. The van der Waals surface area contributed by atoms with Gasteiger partial charge >= 0.3 is 0 Å². The SMILES string of the molecule is Cc1ccc(S(=O)(=O)N2CCN(C(=O)CNC(=O)c3ccco3)CC2)c(C)c1. The van der Waals surface area contributed by atoms with Crippen molar-refractivity contribution in [3.63, 3.8) is 0 Å². The summed E-state index contributed by atoms with van der Waals surface area (Å²) in [5.41, 5.74) is 1.71. The molecule has 1 N–H and O–H groups in total. The lowest BCUT2D eigenvalue weighted by Crippen LogP contribution is -2.52. The minimum atomic E-state index is -3.60. The Kier molecular flexibility index (Phi) is 5.85.